The molecule has 0 spiro atoms. The SMILES string of the molecule is CC(O)CCNS(=O)(=O)c1ccc(I)cc1. The van der Waals surface area contributed by atoms with E-state index in [1.54, 1.807) is 31.2 Å². The van der Waals surface area contributed by atoms with Crippen molar-refractivity contribution in [3.8, 4) is 0 Å². The summed E-state index contributed by atoms with van der Waals surface area (Å²) in [7, 11) is -3.44. The molecule has 0 amide bonds. The fourth-order valence-corrected chi connectivity index (χ4v) is 2.51. The lowest BCUT2D eigenvalue weighted by molar-refractivity contribution is 0.186. The Morgan fingerprint density at radius 2 is 1.94 bits per heavy atom. The highest BCUT2D eigenvalue weighted by Gasteiger charge is 2.12. The second-order valence-electron chi connectivity index (χ2n) is 3.49. The maximum Gasteiger partial charge on any atom is 0.240 e. The largest absolute Gasteiger partial charge is 0.393 e. The standard InChI is InChI=1S/C10H14INO3S/c1-8(13)6-7-12-16(14,15)10-4-2-9(11)3-5-10/h2-5,8,12-13H,6-7H2,1H3. The maximum atomic E-state index is 11.7. The number of sulfonamides is 1. The smallest absolute Gasteiger partial charge is 0.240 e. The molecule has 0 fully saturated rings. The van der Waals surface area contributed by atoms with Gasteiger partial charge >= 0.3 is 0 Å². The lowest BCUT2D eigenvalue weighted by Gasteiger charge is -2.07. The van der Waals surface area contributed by atoms with Gasteiger partial charge in [0.2, 0.25) is 10.0 Å². The molecule has 0 bridgehead atoms. The van der Waals surface area contributed by atoms with Crippen LogP contribution in [-0.2, 0) is 10.0 Å². The lowest BCUT2D eigenvalue weighted by atomic mass is 10.3. The van der Waals surface area contributed by atoms with Crippen molar-refractivity contribution >= 4 is 32.6 Å². The van der Waals surface area contributed by atoms with Gasteiger partial charge in [0.25, 0.3) is 0 Å². The molecule has 0 aliphatic rings. The molecule has 0 aromatic heterocycles. The Balaban J connectivity index is 2.67. The molecule has 1 rings (SSSR count). The van der Waals surface area contributed by atoms with Crippen LogP contribution in [0.25, 0.3) is 0 Å². The normalized spacial score (nSPS) is 13.7. The van der Waals surface area contributed by atoms with Gasteiger partial charge in [0.15, 0.2) is 0 Å². The molecule has 90 valence electrons. The number of hydrogen-bond acceptors (Lipinski definition) is 3. The first-order chi connectivity index (χ1) is 7.42. The van der Waals surface area contributed by atoms with Crippen LogP contribution in [0.1, 0.15) is 13.3 Å². The molecule has 6 heteroatoms. The predicted molar refractivity (Wildman–Crippen MR) is 70.6 cm³/mol. The van der Waals surface area contributed by atoms with Crippen molar-refractivity contribution in [1.82, 2.24) is 4.72 Å². The van der Waals surface area contributed by atoms with Crippen LogP contribution in [0, 0.1) is 3.57 Å². The molecule has 2 N–H and O–H groups in total. The van der Waals surface area contributed by atoms with E-state index < -0.39 is 16.1 Å². The molecular weight excluding hydrogens is 341 g/mol. The Hall–Kier alpha value is -0.180. The summed E-state index contributed by atoms with van der Waals surface area (Å²) < 4.78 is 26.9. The zero-order chi connectivity index (χ0) is 12.2. The van der Waals surface area contributed by atoms with Gasteiger partial charge in [-0.15, -0.1) is 0 Å². The van der Waals surface area contributed by atoms with Gasteiger partial charge in [-0.05, 0) is 60.2 Å². The molecule has 0 heterocycles. The number of aliphatic hydroxyl groups excluding tert-OH is 1. The molecule has 1 aromatic carbocycles. The third kappa shape index (κ3) is 4.36. The second-order valence-corrected chi connectivity index (χ2v) is 6.50. The minimum absolute atomic E-state index is 0.242. The van der Waals surface area contributed by atoms with Crippen LogP contribution in [0.15, 0.2) is 29.2 Å². The third-order valence-corrected chi connectivity index (χ3v) is 4.17. The Kier molecular flexibility index (Phi) is 5.16. The number of hydrogen-bond donors (Lipinski definition) is 2. The molecule has 4 nitrogen and oxygen atoms in total. The highest BCUT2D eigenvalue weighted by atomic mass is 127. The topological polar surface area (TPSA) is 66.4 Å². The van der Waals surface area contributed by atoms with E-state index in [1.807, 2.05) is 0 Å². The van der Waals surface area contributed by atoms with Crippen molar-refractivity contribution in [2.45, 2.75) is 24.3 Å². The summed E-state index contributed by atoms with van der Waals surface area (Å²) in [4.78, 5) is 0.249. The third-order valence-electron chi connectivity index (χ3n) is 1.98. The Morgan fingerprint density at radius 3 is 2.44 bits per heavy atom. The first-order valence-electron chi connectivity index (χ1n) is 4.85. The molecular formula is C10H14INO3S. The average molecular weight is 355 g/mol. The van der Waals surface area contributed by atoms with Crippen molar-refractivity contribution in [2.24, 2.45) is 0 Å². The summed E-state index contributed by atoms with van der Waals surface area (Å²) in [6, 6.07) is 6.60. The zero-order valence-corrected chi connectivity index (χ0v) is 11.8. The Bertz CT molecular complexity index is 428. The minimum atomic E-state index is -3.44. The van der Waals surface area contributed by atoms with Gasteiger partial charge in [0, 0.05) is 10.1 Å². The van der Waals surface area contributed by atoms with E-state index in [-0.39, 0.29) is 11.4 Å². The van der Waals surface area contributed by atoms with Crippen molar-refractivity contribution in [1.29, 1.82) is 0 Å². The number of aliphatic hydroxyl groups is 1. The van der Waals surface area contributed by atoms with Crippen LogP contribution in [-0.4, -0.2) is 26.2 Å². The molecule has 0 radical (unpaired) electrons. The summed E-state index contributed by atoms with van der Waals surface area (Å²) in [6.07, 6.45) is -0.0942. The van der Waals surface area contributed by atoms with E-state index in [1.165, 1.54) is 0 Å². The maximum absolute atomic E-state index is 11.7. The van der Waals surface area contributed by atoms with Crippen LogP contribution in [0.3, 0.4) is 0 Å². The van der Waals surface area contributed by atoms with Gasteiger partial charge in [0.05, 0.1) is 11.0 Å². The van der Waals surface area contributed by atoms with Crippen LogP contribution >= 0.6 is 22.6 Å². The number of rotatable bonds is 5. The lowest BCUT2D eigenvalue weighted by Crippen LogP contribution is -2.26. The number of halogens is 1. The number of benzene rings is 1. The summed E-state index contributed by atoms with van der Waals surface area (Å²) in [5.41, 5.74) is 0. The van der Waals surface area contributed by atoms with E-state index >= 15 is 0 Å². The van der Waals surface area contributed by atoms with E-state index in [0.29, 0.717) is 6.42 Å². The van der Waals surface area contributed by atoms with Crippen LogP contribution < -0.4 is 4.72 Å². The molecule has 1 atom stereocenters. The molecule has 16 heavy (non-hydrogen) atoms. The first-order valence-corrected chi connectivity index (χ1v) is 7.41. The minimum Gasteiger partial charge on any atom is -0.393 e. The fraction of sp³-hybridized carbons (Fsp3) is 0.400. The molecule has 0 aliphatic carbocycles. The van der Waals surface area contributed by atoms with Crippen LogP contribution in [0.5, 0.6) is 0 Å². The van der Waals surface area contributed by atoms with Gasteiger partial charge in [-0.3, -0.25) is 0 Å². The highest BCUT2D eigenvalue weighted by Crippen LogP contribution is 2.11. The van der Waals surface area contributed by atoms with Crippen LogP contribution in [0.2, 0.25) is 0 Å². The van der Waals surface area contributed by atoms with Crippen molar-refractivity contribution in [3.05, 3.63) is 27.8 Å². The second kappa shape index (κ2) is 5.95. The monoisotopic (exact) mass is 355 g/mol. The van der Waals surface area contributed by atoms with E-state index in [4.69, 9.17) is 5.11 Å². The molecule has 1 aromatic rings. The molecule has 0 saturated heterocycles. The van der Waals surface area contributed by atoms with E-state index in [9.17, 15) is 8.42 Å². The predicted octanol–water partition coefficient (Wildman–Crippen LogP) is 1.34. The summed E-state index contributed by atoms with van der Waals surface area (Å²) in [6.45, 7) is 1.87. The van der Waals surface area contributed by atoms with Gasteiger partial charge in [-0.25, -0.2) is 13.1 Å². The molecule has 0 aliphatic heterocycles. The summed E-state index contributed by atoms with van der Waals surface area (Å²) in [5, 5.41) is 9.02. The fourth-order valence-electron chi connectivity index (χ4n) is 1.10. The highest BCUT2D eigenvalue weighted by molar-refractivity contribution is 14.1. The Labute approximate surface area is 109 Å². The molecule has 0 saturated carbocycles. The quantitative estimate of drug-likeness (QED) is 0.784. The summed E-state index contributed by atoms with van der Waals surface area (Å²) >= 11 is 2.11. The van der Waals surface area contributed by atoms with E-state index in [0.717, 1.165) is 3.57 Å². The van der Waals surface area contributed by atoms with E-state index in [2.05, 4.69) is 27.3 Å². The molecule has 1 unspecified atom stereocenters. The van der Waals surface area contributed by atoms with Gasteiger partial charge < -0.3 is 5.11 Å². The van der Waals surface area contributed by atoms with Crippen LogP contribution in [0.4, 0.5) is 0 Å². The van der Waals surface area contributed by atoms with Gasteiger partial charge in [0.1, 0.15) is 0 Å². The van der Waals surface area contributed by atoms with Gasteiger partial charge in [-0.1, -0.05) is 0 Å². The first kappa shape index (κ1) is 13.9. The summed E-state index contributed by atoms with van der Waals surface area (Å²) in [5.74, 6) is 0. The van der Waals surface area contributed by atoms with Crippen molar-refractivity contribution < 1.29 is 13.5 Å². The van der Waals surface area contributed by atoms with Crippen molar-refractivity contribution in [3.63, 3.8) is 0 Å². The number of nitrogens with one attached hydrogen (secondary N) is 1. The average Bonchev–Trinajstić information content (AvgIpc) is 2.17. The zero-order valence-electron chi connectivity index (χ0n) is 8.85. The Morgan fingerprint density at radius 1 is 1.38 bits per heavy atom. The van der Waals surface area contributed by atoms with Crippen molar-refractivity contribution in [2.75, 3.05) is 6.54 Å². The van der Waals surface area contributed by atoms with Gasteiger partial charge in [-0.2, -0.15) is 0 Å².